The molecule has 1 amide bonds. The Hall–Kier alpha value is -1.21. The van der Waals surface area contributed by atoms with E-state index >= 15 is 0 Å². The molecule has 2 fully saturated rings. The molecule has 0 radical (unpaired) electrons. The average molecular weight is 335 g/mol. The van der Waals surface area contributed by atoms with Crippen molar-refractivity contribution < 1.29 is 9.53 Å². The first-order valence-electron chi connectivity index (χ1n) is 9.49. The fraction of sp³-hybridized carbons (Fsp3) is 0.850. The molecule has 4 nitrogen and oxygen atoms in total. The summed E-state index contributed by atoms with van der Waals surface area (Å²) in [6, 6.07) is 0.656. The first-order valence-corrected chi connectivity index (χ1v) is 9.49. The Morgan fingerprint density at radius 3 is 2.33 bits per heavy atom. The molecule has 0 aromatic carbocycles. The summed E-state index contributed by atoms with van der Waals surface area (Å²) in [5.74, 6) is 3.96. The summed E-state index contributed by atoms with van der Waals surface area (Å²) in [4.78, 5) is 16.8. The lowest BCUT2D eigenvalue weighted by Gasteiger charge is -2.30. The zero-order valence-corrected chi connectivity index (χ0v) is 15.9. The Bertz CT molecular complexity index is 449. The second-order valence-corrected chi connectivity index (χ2v) is 8.40. The largest absolute Gasteiger partial charge is 0.444 e. The van der Waals surface area contributed by atoms with E-state index in [2.05, 4.69) is 17.7 Å². The molecule has 2 aliphatic heterocycles. The highest BCUT2D eigenvalue weighted by Crippen LogP contribution is 2.34. The van der Waals surface area contributed by atoms with Crippen molar-refractivity contribution in [3.8, 4) is 12.3 Å². The molecule has 2 heterocycles. The van der Waals surface area contributed by atoms with Crippen LogP contribution in [0.2, 0.25) is 0 Å². The Kier molecular flexibility index (Phi) is 6.57. The number of unbranched alkanes of at least 4 members (excludes halogenated alkanes) is 1. The van der Waals surface area contributed by atoms with Gasteiger partial charge in [-0.3, -0.25) is 4.90 Å². The third-order valence-electron chi connectivity index (χ3n) is 5.16. The molecule has 0 aliphatic carbocycles. The lowest BCUT2D eigenvalue weighted by atomic mass is 10.0. The molecule has 2 aliphatic rings. The highest BCUT2D eigenvalue weighted by Gasteiger charge is 2.43. The molecule has 3 atom stereocenters. The van der Waals surface area contributed by atoms with Crippen molar-refractivity contribution in [1.82, 2.24) is 9.80 Å². The van der Waals surface area contributed by atoms with Gasteiger partial charge in [0.2, 0.25) is 0 Å². The van der Waals surface area contributed by atoms with Gasteiger partial charge in [0.05, 0.1) is 0 Å². The van der Waals surface area contributed by atoms with Gasteiger partial charge in [-0.2, -0.15) is 0 Å². The van der Waals surface area contributed by atoms with Gasteiger partial charge >= 0.3 is 6.09 Å². The van der Waals surface area contributed by atoms with Gasteiger partial charge in [-0.05, 0) is 51.9 Å². The van der Waals surface area contributed by atoms with E-state index < -0.39 is 5.60 Å². The maximum atomic E-state index is 12.3. The summed E-state index contributed by atoms with van der Waals surface area (Å²) in [5.41, 5.74) is -0.413. The molecule has 136 valence electrons. The normalized spacial score (nSPS) is 25.4. The van der Waals surface area contributed by atoms with E-state index in [1.165, 1.54) is 19.3 Å². The van der Waals surface area contributed by atoms with Gasteiger partial charge in [0.25, 0.3) is 0 Å². The average Bonchev–Trinajstić information content (AvgIpc) is 3.03. The van der Waals surface area contributed by atoms with E-state index in [-0.39, 0.29) is 6.09 Å². The smallest absolute Gasteiger partial charge is 0.410 e. The van der Waals surface area contributed by atoms with Crippen LogP contribution in [0.4, 0.5) is 4.79 Å². The predicted molar refractivity (Wildman–Crippen MR) is 97.7 cm³/mol. The van der Waals surface area contributed by atoms with Gasteiger partial charge in [-0.1, -0.05) is 13.3 Å². The van der Waals surface area contributed by atoms with Crippen LogP contribution >= 0.6 is 0 Å². The number of nitrogens with zero attached hydrogens (tertiary/aromatic N) is 2. The Morgan fingerprint density at radius 1 is 1.21 bits per heavy atom. The van der Waals surface area contributed by atoms with Crippen molar-refractivity contribution in [2.75, 3.05) is 26.2 Å². The van der Waals surface area contributed by atoms with Gasteiger partial charge in [-0.25, -0.2) is 4.79 Å². The van der Waals surface area contributed by atoms with Gasteiger partial charge in [0.1, 0.15) is 5.60 Å². The summed E-state index contributed by atoms with van der Waals surface area (Å²) in [6.45, 7) is 12.0. The highest BCUT2D eigenvalue weighted by atomic mass is 16.6. The number of amides is 1. The number of rotatable bonds is 6. The molecule has 0 N–H and O–H groups in total. The van der Waals surface area contributed by atoms with E-state index in [1.807, 2.05) is 25.7 Å². The van der Waals surface area contributed by atoms with E-state index in [9.17, 15) is 4.79 Å². The van der Waals surface area contributed by atoms with Crippen LogP contribution in [0.3, 0.4) is 0 Å². The number of carbonyl (C=O) groups excluding carboxylic acids is 1. The highest BCUT2D eigenvalue weighted by molar-refractivity contribution is 5.68. The van der Waals surface area contributed by atoms with E-state index in [0.29, 0.717) is 17.9 Å². The van der Waals surface area contributed by atoms with E-state index in [1.54, 1.807) is 0 Å². The molecule has 0 bridgehead atoms. The minimum atomic E-state index is -0.413. The standard InChI is InChI=1S/C20H34N2O2/c1-6-8-9-11-18(10-7-2)21-12-16-14-22(15-17(16)13-21)19(23)24-20(3,4)5/h1,16-18H,7-15H2,2-5H3. The number of likely N-dealkylation sites (tertiary alicyclic amines) is 2. The minimum absolute atomic E-state index is 0.150. The minimum Gasteiger partial charge on any atom is -0.444 e. The summed E-state index contributed by atoms with van der Waals surface area (Å²) in [5, 5.41) is 0. The Labute approximate surface area is 147 Å². The maximum Gasteiger partial charge on any atom is 0.410 e. The lowest BCUT2D eigenvalue weighted by molar-refractivity contribution is 0.0270. The third kappa shape index (κ3) is 5.14. The Morgan fingerprint density at radius 2 is 1.83 bits per heavy atom. The van der Waals surface area contributed by atoms with Crippen LogP contribution in [0.15, 0.2) is 0 Å². The molecule has 0 aromatic heterocycles. The van der Waals surface area contributed by atoms with Crippen molar-refractivity contribution in [2.24, 2.45) is 11.8 Å². The molecular weight excluding hydrogens is 300 g/mol. The van der Waals surface area contributed by atoms with Crippen LogP contribution in [0.5, 0.6) is 0 Å². The van der Waals surface area contributed by atoms with Crippen molar-refractivity contribution in [3.05, 3.63) is 0 Å². The fourth-order valence-corrected chi connectivity index (χ4v) is 4.09. The van der Waals surface area contributed by atoms with E-state index in [0.717, 1.165) is 39.0 Å². The molecule has 3 unspecified atom stereocenters. The number of hydrogen-bond donors (Lipinski definition) is 0. The quantitative estimate of drug-likeness (QED) is 0.548. The van der Waals surface area contributed by atoms with Crippen LogP contribution in [0.25, 0.3) is 0 Å². The molecule has 0 saturated carbocycles. The van der Waals surface area contributed by atoms with E-state index in [4.69, 9.17) is 11.2 Å². The monoisotopic (exact) mass is 334 g/mol. The van der Waals surface area contributed by atoms with Gasteiger partial charge in [-0.15, -0.1) is 12.3 Å². The zero-order valence-electron chi connectivity index (χ0n) is 15.9. The third-order valence-corrected chi connectivity index (χ3v) is 5.16. The summed E-state index contributed by atoms with van der Waals surface area (Å²) < 4.78 is 5.52. The number of fused-ring (bicyclic) bond motifs is 1. The second kappa shape index (κ2) is 8.25. The fourth-order valence-electron chi connectivity index (χ4n) is 4.09. The van der Waals surface area contributed by atoms with Crippen LogP contribution in [0, 0.1) is 24.2 Å². The SMILES string of the molecule is C#CCCCC(CCC)N1CC2CN(C(=O)OC(C)(C)C)CC2C1. The number of terminal acetylenes is 1. The first-order chi connectivity index (χ1) is 11.3. The lowest BCUT2D eigenvalue weighted by Crippen LogP contribution is -2.39. The van der Waals surface area contributed by atoms with Crippen LogP contribution < -0.4 is 0 Å². The predicted octanol–water partition coefficient (Wildman–Crippen LogP) is 3.76. The van der Waals surface area contributed by atoms with Crippen LogP contribution in [-0.2, 0) is 4.74 Å². The molecule has 2 saturated heterocycles. The first kappa shape index (κ1) is 19.1. The number of carbonyl (C=O) groups is 1. The van der Waals surface area contributed by atoms with Crippen LogP contribution in [0.1, 0.15) is 59.8 Å². The molecule has 24 heavy (non-hydrogen) atoms. The van der Waals surface area contributed by atoms with Gasteiger partial charge in [0, 0.05) is 38.6 Å². The number of hydrogen-bond acceptors (Lipinski definition) is 3. The van der Waals surface area contributed by atoms with Crippen molar-refractivity contribution in [1.29, 1.82) is 0 Å². The molecule has 0 aromatic rings. The van der Waals surface area contributed by atoms with Gasteiger partial charge < -0.3 is 9.64 Å². The summed E-state index contributed by atoms with van der Waals surface area (Å²) in [7, 11) is 0. The maximum absolute atomic E-state index is 12.3. The van der Waals surface area contributed by atoms with Gasteiger partial charge in [0.15, 0.2) is 0 Å². The Balaban J connectivity index is 1.84. The molecule has 2 rings (SSSR count). The van der Waals surface area contributed by atoms with Crippen molar-refractivity contribution >= 4 is 6.09 Å². The molecule has 4 heteroatoms. The summed E-state index contributed by atoms with van der Waals surface area (Å²) in [6.07, 6.45) is 10.9. The zero-order chi connectivity index (χ0) is 17.7. The summed E-state index contributed by atoms with van der Waals surface area (Å²) >= 11 is 0. The topological polar surface area (TPSA) is 32.8 Å². The van der Waals surface area contributed by atoms with Crippen LogP contribution in [-0.4, -0.2) is 53.7 Å². The van der Waals surface area contributed by atoms with Crippen molar-refractivity contribution in [3.63, 3.8) is 0 Å². The second-order valence-electron chi connectivity index (χ2n) is 8.40. The molecule has 0 spiro atoms. The van der Waals surface area contributed by atoms with Crippen molar-refractivity contribution in [2.45, 2.75) is 71.4 Å². The number of ether oxygens (including phenoxy) is 1. The molecular formula is C20H34N2O2.